The third-order valence-corrected chi connectivity index (χ3v) is 9.11. The number of nitrogens with two attached hydrogens (primary N) is 2. The van der Waals surface area contributed by atoms with Crippen molar-refractivity contribution in [3.63, 3.8) is 0 Å². The van der Waals surface area contributed by atoms with Gasteiger partial charge in [0.25, 0.3) is 10.2 Å². The summed E-state index contributed by atoms with van der Waals surface area (Å²) in [5.41, 5.74) is 5.86. The van der Waals surface area contributed by atoms with Gasteiger partial charge in [0.15, 0.2) is 0 Å². The Hall–Kier alpha value is -1.71. The van der Waals surface area contributed by atoms with E-state index in [-0.39, 0.29) is 34.9 Å². The molecule has 4 heterocycles. The summed E-state index contributed by atoms with van der Waals surface area (Å²) in [6.07, 6.45) is 1.33. The van der Waals surface area contributed by atoms with E-state index < -0.39 is 40.1 Å². The van der Waals surface area contributed by atoms with Gasteiger partial charge < -0.3 is 26.0 Å². The van der Waals surface area contributed by atoms with E-state index in [9.17, 15) is 27.9 Å². The number of nitrogens with zero attached hydrogens (tertiary/aromatic N) is 2. The first-order chi connectivity index (χ1) is 15.4. The number of amides is 2. The lowest BCUT2D eigenvalue weighted by Gasteiger charge is -2.47. The second-order valence-corrected chi connectivity index (χ2v) is 11.9. The number of hydrogen-bond acceptors (Lipinski definition) is 8. The van der Waals surface area contributed by atoms with Crippen LogP contribution < -0.4 is 20.9 Å². The summed E-state index contributed by atoms with van der Waals surface area (Å²) in [5, 5.41) is 18.1. The van der Waals surface area contributed by atoms with Gasteiger partial charge in [-0.2, -0.15) is 13.1 Å². The van der Waals surface area contributed by atoms with Gasteiger partial charge in [-0.15, -0.1) is 11.8 Å². The van der Waals surface area contributed by atoms with Crippen LogP contribution in [-0.4, -0.2) is 90.2 Å². The van der Waals surface area contributed by atoms with Gasteiger partial charge in [-0.1, -0.05) is 6.92 Å². The monoisotopic (exact) mass is 502 g/mol. The number of carboxylic acids is 1. The molecule has 7 N–H and O–H groups in total. The maximum Gasteiger partial charge on any atom is 0.353 e. The number of aliphatic carboxylic acids is 1. The first-order valence-electron chi connectivity index (χ1n) is 10.9. The van der Waals surface area contributed by atoms with E-state index in [2.05, 4.69) is 10.0 Å². The molecule has 0 spiro atoms. The van der Waals surface area contributed by atoms with Crippen LogP contribution in [0, 0.1) is 11.8 Å². The van der Waals surface area contributed by atoms with Crippen LogP contribution in [0.15, 0.2) is 10.6 Å². The van der Waals surface area contributed by atoms with Crippen LogP contribution in [0.4, 0.5) is 0 Å². The van der Waals surface area contributed by atoms with Gasteiger partial charge in [0.1, 0.15) is 5.70 Å². The summed E-state index contributed by atoms with van der Waals surface area (Å²) in [6.45, 7) is 5.12. The Morgan fingerprint density at radius 3 is 2.64 bits per heavy atom. The number of carbonyl (C=O) groups excluding carboxylic acids is 2. The van der Waals surface area contributed by atoms with Crippen molar-refractivity contribution in [3.8, 4) is 0 Å². The number of β-lactam (4-membered cyclic amide) rings is 1. The molecule has 4 rings (SSSR count). The fraction of sp³-hybridized carbons (Fsp3) is 0.737. The van der Waals surface area contributed by atoms with E-state index in [0.717, 1.165) is 6.42 Å². The van der Waals surface area contributed by atoms with Crippen LogP contribution in [0.25, 0.3) is 0 Å². The topological polar surface area (TPSA) is 188 Å². The van der Waals surface area contributed by atoms with Crippen molar-refractivity contribution in [2.75, 3.05) is 19.6 Å². The van der Waals surface area contributed by atoms with Crippen LogP contribution in [0.2, 0.25) is 0 Å². The Morgan fingerprint density at radius 1 is 1.36 bits per heavy atom. The van der Waals surface area contributed by atoms with Crippen LogP contribution >= 0.6 is 11.8 Å². The molecule has 4 aliphatic rings. The number of carboxylic acid groups (broad SMARTS) is 1. The number of thioether (sulfide) groups is 1. The van der Waals surface area contributed by atoms with Gasteiger partial charge in [0.05, 0.1) is 18.0 Å². The van der Waals surface area contributed by atoms with E-state index in [1.807, 2.05) is 6.92 Å². The second-order valence-electron chi connectivity index (χ2n) is 9.25. The van der Waals surface area contributed by atoms with Gasteiger partial charge >= 0.3 is 5.97 Å². The number of rotatable bonds is 7. The summed E-state index contributed by atoms with van der Waals surface area (Å²) < 4.78 is 25.1. The number of likely N-dealkylation sites (tertiary alicyclic amines) is 1. The highest BCUT2D eigenvalue weighted by molar-refractivity contribution is 8.03. The minimum Gasteiger partial charge on any atom is -0.477 e. The molecule has 0 unspecified atom stereocenters. The summed E-state index contributed by atoms with van der Waals surface area (Å²) in [5.74, 6) is -2.62. The second kappa shape index (κ2) is 8.82. The van der Waals surface area contributed by atoms with Crippen molar-refractivity contribution in [3.05, 3.63) is 10.6 Å². The lowest BCUT2D eigenvalue weighted by Crippen LogP contribution is -2.66. The van der Waals surface area contributed by atoms with Gasteiger partial charge in [-0.3, -0.25) is 9.59 Å². The van der Waals surface area contributed by atoms with Crippen molar-refractivity contribution in [2.45, 2.75) is 56.1 Å². The van der Waals surface area contributed by atoms with Crippen molar-refractivity contribution in [1.82, 2.24) is 19.8 Å². The highest BCUT2D eigenvalue weighted by Gasteiger charge is 2.60. The first kappa shape index (κ1) is 24.4. The zero-order valence-corrected chi connectivity index (χ0v) is 20.1. The van der Waals surface area contributed by atoms with E-state index in [1.54, 1.807) is 11.8 Å². The normalized spacial score (nSPS) is 35.1. The van der Waals surface area contributed by atoms with Crippen molar-refractivity contribution in [1.29, 1.82) is 0 Å². The molecule has 2 amide bonds. The molecule has 0 aromatic carbocycles. The molecular weight excluding hydrogens is 472 g/mol. The minimum atomic E-state index is -4.01. The lowest BCUT2D eigenvalue weighted by atomic mass is 9.78. The summed E-state index contributed by atoms with van der Waals surface area (Å²) >= 11 is 1.38. The zero-order valence-electron chi connectivity index (χ0n) is 18.4. The Bertz CT molecular complexity index is 1000. The van der Waals surface area contributed by atoms with Crippen molar-refractivity contribution < 1.29 is 27.9 Å². The van der Waals surface area contributed by atoms with Gasteiger partial charge in [-0.05, 0) is 19.8 Å². The third kappa shape index (κ3) is 4.51. The number of carbonyl (C=O) groups is 3. The van der Waals surface area contributed by atoms with Crippen LogP contribution in [-0.2, 0) is 24.6 Å². The van der Waals surface area contributed by atoms with E-state index in [1.165, 1.54) is 16.7 Å². The maximum atomic E-state index is 12.8. The van der Waals surface area contributed by atoms with Crippen molar-refractivity contribution >= 4 is 39.8 Å². The average molecular weight is 503 g/mol. The SMILES string of the molecule is C[C@@H](NS(N)(=O)=O)[C@H]1C(=O)N2C(C(=O)O)=C(S[C@@H]3CN[C@H](C(=O)N4CC[C@H](N)C4)C3)[C@H](C)[C@H]12. The molecule has 12 nitrogen and oxygen atoms in total. The third-order valence-electron chi connectivity index (χ3n) is 6.90. The molecule has 3 saturated heterocycles. The summed E-state index contributed by atoms with van der Waals surface area (Å²) in [6, 6.07) is -1.57. The summed E-state index contributed by atoms with van der Waals surface area (Å²) in [7, 11) is -4.01. The van der Waals surface area contributed by atoms with E-state index >= 15 is 0 Å². The van der Waals surface area contributed by atoms with E-state index in [4.69, 9.17) is 10.9 Å². The van der Waals surface area contributed by atoms with Crippen LogP contribution in [0.1, 0.15) is 26.7 Å². The number of nitrogens with one attached hydrogen (secondary N) is 2. The number of hydrogen-bond donors (Lipinski definition) is 5. The fourth-order valence-electron chi connectivity index (χ4n) is 5.40. The average Bonchev–Trinajstić information content (AvgIpc) is 3.39. The Kier molecular flexibility index (Phi) is 6.52. The molecule has 3 fully saturated rings. The molecule has 0 radical (unpaired) electrons. The van der Waals surface area contributed by atoms with Gasteiger partial charge in [0.2, 0.25) is 11.8 Å². The summed E-state index contributed by atoms with van der Waals surface area (Å²) in [4.78, 5) is 41.2. The van der Waals surface area contributed by atoms with Gasteiger partial charge in [0, 0.05) is 47.8 Å². The standard InChI is InChI=1S/C19H30N6O6S2/c1-8-14-13(9(2)23-33(21,30)31)18(27)25(14)15(19(28)29)16(8)32-11-5-12(22-6-11)17(26)24-4-3-10(20)7-24/h8-14,22-23H,3-7,20H2,1-2H3,(H,28,29)(H2,21,30,31)/t8-,9-,10+,11+,12+,13-,14-/m1/s1. The smallest absolute Gasteiger partial charge is 0.353 e. The lowest BCUT2D eigenvalue weighted by molar-refractivity contribution is -0.157. The Labute approximate surface area is 196 Å². The molecule has 0 saturated carbocycles. The molecule has 14 heteroatoms. The predicted molar refractivity (Wildman–Crippen MR) is 121 cm³/mol. The molecule has 7 atom stereocenters. The molecular formula is C19H30N6O6S2. The zero-order chi connectivity index (χ0) is 24.2. The van der Waals surface area contributed by atoms with Crippen LogP contribution in [0.3, 0.4) is 0 Å². The highest BCUT2D eigenvalue weighted by Crippen LogP contribution is 2.51. The number of fused-ring (bicyclic) bond motifs is 1. The molecule has 0 aromatic heterocycles. The molecule has 4 aliphatic heterocycles. The van der Waals surface area contributed by atoms with E-state index in [0.29, 0.717) is 31.0 Å². The Morgan fingerprint density at radius 2 is 2.06 bits per heavy atom. The highest BCUT2D eigenvalue weighted by atomic mass is 32.2. The molecule has 0 aliphatic carbocycles. The molecule has 184 valence electrons. The first-order valence-corrected chi connectivity index (χ1v) is 13.4. The molecule has 33 heavy (non-hydrogen) atoms. The predicted octanol–water partition coefficient (Wildman–Crippen LogP) is -2.04. The quantitative estimate of drug-likeness (QED) is 0.244. The fourth-order valence-corrected chi connectivity index (χ4v) is 7.54. The molecule has 0 bridgehead atoms. The molecule has 0 aromatic rings. The van der Waals surface area contributed by atoms with Gasteiger partial charge in [-0.25, -0.2) is 9.93 Å². The largest absolute Gasteiger partial charge is 0.477 e. The van der Waals surface area contributed by atoms with Crippen LogP contribution in [0.5, 0.6) is 0 Å². The maximum absolute atomic E-state index is 12.8. The Balaban J connectivity index is 1.46. The minimum absolute atomic E-state index is 0.00397. The van der Waals surface area contributed by atoms with Crippen molar-refractivity contribution in [2.24, 2.45) is 22.7 Å².